The van der Waals surface area contributed by atoms with Crippen molar-refractivity contribution < 1.29 is 9.21 Å². The van der Waals surface area contributed by atoms with Crippen LogP contribution < -0.4 is 10.2 Å². The van der Waals surface area contributed by atoms with Crippen LogP contribution in [0.4, 0.5) is 11.5 Å². The topological polar surface area (TPSA) is 71.3 Å². The smallest absolute Gasteiger partial charge is 0.227 e. The number of aromatic nitrogens is 2. The van der Waals surface area contributed by atoms with Crippen molar-refractivity contribution in [2.45, 2.75) is 12.8 Å². The van der Waals surface area contributed by atoms with Gasteiger partial charge in [-0.15, -0.1) is 10.2 Å². The lowest BCUT2D eigenvalue weighted by Crippen LogP contribution is -2.38. The Balaban J connectivity index is 1.34. The highest BCUT2D eigenvalue weighted by molar-refractivity contribution is 5.92. The molecule has 1 aliphatic heterocycles. The van der Waals surface area contributed by atoms with Gasteiger partial charge in [-0.25, -0.2) is 0 Å². The summed E-state index contributed by atoms with van der Waals surface area (Å²) in [6.45, 7) is 1.59. The Labute approximate surface area is 151 Å². The highest BCUT2D eigenvalue weighted by Crippen LogP contribution is 2.24. The molecule has 4 rings (SSSR count). The number of carbonyl (C=O) groups is 1. The van der Waals surface area contributed by atoms with Crippen LogP contribution in [0.2, 0.25) is 0 Å². The molecule has 1 N–H and O–H groups in total. The van der Waals surface area contributed by atoms with Crippen LogP contribution in [0.25, 0.3) is 11.5 Å². The summed E-state index contributed by atoms with van der Waals surface area (Å²) >= 11 is 0. The lowest BCUT2D eigenvalue weighted by molar-refractivity contribution is -0.120. The van der Waals surface area contributed by atoms with E-state index in [1.54, 1.807) is 6.26 Å². The van der Waals surface area contributed by atoms with Crippen LogP contribution in [0.3, 0.4) is 0 Å². The predicted octanol–water partition coefficient (Wildman–Crippen LogP) is 3.59. The first kappa shape index (κ1) is 16.3. The number of hydrogen-bond acceptors (Lipinski definition) is 5. The molecule has 0 bridgehead atoms. The first-order chi connectivity index (χ1) is 12.8. The van der Waals surface area contributed by atoms with Crippen LogP contribution in [0.15, 0.2) is 65.3 Å². The minimum atomic E-state index is 0.0295. The van der Waals surface area contributed by atoms with Crippen molar-refractivity contribution in [2.75, 3.05) is 23.3 Å². The predicted molar refractivity (Wildman–Crippen MR) is 99.7 cm³/mol. The Morgan fingerprint density at radius 3 is 2.46 bits per heavy atom. The van der Waals surface area contributed by atoms with Gasteiger partial charge in [0, 0.05) is 24.7 Å². The molecule has 3 heterocycles. The van der Waals surface area contributed by atoms with E-state index in [2.05, 4.69) is 20.4 Å². The number of benzene rings is 1. The van der Waals surface area contributed by atoms with Crippen molar-refractivity contribution in [1.82, 2.24) is 10.2 Å². The molecule has 26 heavy (non-hydrogen) atoms. The highest BCUT2D eigenvalue weighted by Gasteiger charge is 2.25. The maximum absolute atomic E-state index is 12.4. The summed E-state index contributed by atoms with van der Waals surface area (Å²) in [6.07, 6.45) is 3.23. The molecule has 0 atom stereocenters. The fraction of sp³-hybridized carbons (Fsp3) is 0.250. The number of amides is 1. The minimum Gasteiger partial charge on any atom is -0.463 e. The summed E-state index contributed by atoms with van der Waals surface area (Å²) in [5.41, 5.74) is 1.56. The van der Waals surface area contributed by atoms with Gasteiger partial charge in [-0.05, 0) is 49.2 Å². The van der Waals surface area contributed by atoms with Crippen molar-refractivity contribution in [1.29, 1.82) is 0 Å². The summed E-state index contributed by atoms with van der Waals surface area (Å²) < 4.78 is 5.33. The average Bonchev–Trinajstić information content (AvgIpc) is 3.24. The summed E-state index contributed by atoms with van der Waals surface area (Å²) in [5.74, 6) is 1.67. The molecule has 3 aromatic rings. The normalized spacial score (nSPS) is 15.0. The molecule has 0 aliphatic carbocycles. The van der Waals surface area contributed by atoms with Crippen molar-refractivity contribution in [2.24, 2.45) is 5.92 Å². The van der Waals surface area contributed by atoms with Gasteiger partial charge in [0.2, 0.25) is 5.91 Å². The molecule has 1 aliphatic rings. The molecule has 0 unspecified atom stereocenters. The van der Waals surface area contributed by atoms with Gasteiger partial charge in [0.15, 0.2) is 11.6 Å². The fourth-order valence-corrected chi connectivity index (χ4v) is 3.19. The van der Waals surface area contributed by atoms with E-state index in [1.165, 1.54) is 0 Å². The number of hydrogen-bond donors (Lipinski definition) is 1. The molecule has 6 nitrogen and oxygen atoms in total. The first-order valence-electron chi connectivity index (χ1n) is 8.78. The van der Waals surface area contributed by atoms with Crippen LogP contribution >= 0.6 is 0 Å². The minimum absolute atomic E-state index is 0.0295. The zero-order valence-corrected chi connectivity index (χ0v) is 14.3. The van der Waals surface area contributed by atoms with Gasteiger partial charge in [-0.1, -0.05) is 18.2 Å². The maximum Gasteiger partial charge on any atom is 0.227 e. The molecule has 6 heteroatoms. The van der Waals surface area contributed by atoms with Crippen LogP contribution in [0.1, 0.15) is 12.8 Å². The molecule has 2 aromatic heterocycles. The van der Waals surface area contributed by atoms with Crippen LogP contribution in [0.5, 0.6) is 0 Å². The first-order valence-corrected chi connectivity index (χ1v) is 8.78. The summed E-state index contributed by atoms with van der Waals surface area (Å²) in [6, 6.07) is 17.1. The molecule has 0 radical (unpaired) electrons. The quantitative estimate of drug-likeness (QED) is 0.780. The van der Waals surface area contributed by atoms with E-state index >= 15 is 0 Å². The van der Waals surface area contributed by atoms with Gasteiger partial charge in [-0.3, -0.25) is 4.79 Å². The molecular weight excluding hydrogens is 328 g/mol. The second-order valence-corrected chi connectivity index (χ2v) is 6.37. The second kappa shape index (κ2) is 7.39. The van der Waals surface area contributed by atoms with Gasteiger partial charge in [0.05, 0.1) is 6.26 Å². The van der Waals surface area contributed by atoms with Gasteiger partial charge in [0.25, 0.3) is 0 Å². The number of furan rings is 1. The number of rotatable bonds is 4. The van der Waals surface area contributed by atoms with Crippen molar-refractivity contribution >= 4 is 17.4 Å². The summed E-state index contributed by atoms with van der Waals surface area (Å²) in [4.78, 5) is 14.6. The molecule has 132 valence electrons. The van der Waals surface area contributed by atoms with E-state index in [0.717, 1.165) is 43.1 Å². The molecular formula is C20H20N4O2. The lowest BCUT2D eigenvalue weighted by Gasteiger charge is -2.31. The monoisotopic (exact) mass is 348 g/mol. The van der Waals surface area contributed by atoms with Gasteiger partial charge in [0.1, 0.15) is 5.69 Å². The second-order valence-electron chi connectivity index (χ2n) is 6.37. The summed E-state index contributed by atoms with van der Waals surface area (Å²) in [7, 11) is 0. The van der Waals surface area contributed by atoms with E-state index < -0.39 is 0 Å². The number of nitrogens with zero attached hydrogens (tertiary/aromatic N) is 3. The Morgan fingerprint density at radius 2 is 1.81 bits per heavy atom. The van der Waals surface area contributed by atoms with Crippen LogP contribution in [-0.2, 0) is 4.79 Å². The number of anilines is 2. The lowest BCUT2D eigenvalue weighted by atomic mass is 9.96. The molecule has 0 spiro atoms. The van der Waals surface area contributed by atoms with Gasteiger partial charge in [-0.2, -0.15) is 0 Å². The largest absolute Gasteiger partial charge is 0.463 e. The zero-order chi connectivity index (χ0) is 17.8. The number of nitrogens with one attached hydrogen (secondary N) is 1. The Morgan fingerprint density at radius 1 is 1.00 bits per heavy atom. The SMILES string of the molecule is O=C(Nc1ccccc1)C1CCN(c2ccc(-c3ccco3)nn2)CC1. The number of para-hydroxylation sites is 1. The molecule has 0 saturated carbocycles. The third-order valence-corrected chi connectivity index (χ3v) is 4.66. The maximum atomic E-state index is 12.4. The summed E-state index contributed by atoms with van der Waals surface area (Å²) in [5, 5.41) is 11.5. The highest BCUT2D eigenvalue weighted by atomic mass is 16.3. The van der Waals surface area contributed by atoms with Crippen molar-refractivity contribution in [3.63, 3.8) is 0 Å². The van der Waals surface area contributed by atoms with Crippen molar-refractivity contribution in [3.05, 3.63) is 60.9 Å². The van der Waals surface area contributed by atoms with Gasteiger partial charge < -0.3 is 14.6 Å². The third-order valence-electron chi connectivity index (χ3n) is 4.66. The standard InChI is InChI=1S/C20H20N4O2/c25-20(21-16-5-2-1-3-6-16)15-10-12-24(13-11-15)19-9-8-17(22-23-19)18-7-4-14-26-18/h1-9,14-15H,10-13H2,(H,21,25). The third kappa shape index (κ3) is 3.59. The van der Waals surface area contributed by atoms with E-state index in [4.69, 9.17) is 4.42 Å². The van der Waals surface area contributed by atoms with E-state index in [9.17, 15) is 4.79 Å². The molecule has 1 fully saturated rings. The Bertz CT molecular complexity index is 839. The van der Waals surface area contributed by atoms with Crippen molar-refractivity contribution in [3.8, 4) is 11.5 Å². The van der Waals surface area contributed by atoms with Gasteiger partial charge >= 0.3 is 0 Å². The zero-order valence-electron chi connectivity index (χ0n) is 14.3. The number of carbonyl (C=O) groups excluding carboxylic acids is 1. The molecule has 1 aromatic carbocycles. The average molecular weight is 348 g/mol. The van der Waals surface area contributed by atoms with Crippen LogP contribution in [-0.4, -0.2) is 29.2 Å². The van der Waals surface area contributed by atoms with E-state index in [-0.39, 0.29) is 11.8 Å². The van der Waals surface area contributed by atoms with E-state index in [1.807, 2.05) is 54.6 Å². The molecule has 1 amide bonds. The molecule has 1 saturated heterocycles. The van der Waals surface area contributed by atoms with E-state index in [0.29, 0.717) is 5.76 Å². The number of piperidine rings is 1. The van der Waals surface area contributed by atoms with Crippen LogP contribution in [0, 0.1) is 5.92 Å². The Hall–Kier alpha value is -3.15. The Kier molecular flexibility index (Phi) is 4.64. The fourth-order valence-electron chi connectivity index (χ4n) is 3.19.